The number of carbonyl (C=O) groups excluding carboxylic acids is 1. The Bertz CT molecular complexity index is 935. The maximum Gasteiger partial charge on any atom is 0.271 e. The predicted molar refractivity (Wildman–Crippen MR) is 114 cm³/mol. The van der Waals surface area contributed by atoms with Crippen molar-refractivity contribution in [2.24, 2.45) is 5.10 Å². The van der Waals surface area contributed by atoms with Gasteiger partial charge in [-0.3, -0.25) is 4.79 Å². The van der Waals surface area contributed by atoms with Crippen molar-refractivity contribution in [3.8, 4) is 29.6 Å². The molecule has 0 atom stereocenters. The minimum atomic E-state index is -0.391. The third-order valence-electron chi connectivity index (χ3n) is 3.51. The van der Waals surface area contributed by atoms with Gasteiger partial charge in [0.25, 0.3) is 5.91 Å². The molecule has 7 heteroatoms. The Morgan fingerprint density at radius 1 is 1.21 bits per heavy atom. The van der Waals surface area contributed by atoms with Crippen LogP contribution in [0.3, 0.4) is 0 Å². The van der Waals surface area contributed by atoms with E-state index in [4.69, 9.17) is 32.2 Å². The standard InChI is InChI=1S/C22H21ClN2O4/c1-4-11-28-19-9-7-16(13-18(19)23)15-24-25-22(26)17-8-10-20(29-12-5-2)21(14-17)27-6-3/h1,5,7-10,13-15H,2,6,11-12H2,3H3,(H,25,26)/b24-15+. The summed E-state index contributed by atoms with van der Waals surface area (Å²) in [6, 6.07) is 9.97. The van der Waals surface area contributed by atoms with Crippen LogP contribution in [-0.2, 0) is 0 Å². The molecule has 0 aromatic heterocycles. The van der Waals surface area contributed by atoms with Gasteiger partial charge in [0.2, 0.25) is 0 Å². The van der Waals surface area contributed by atoms with Crippen molar-refractivity contribution in [2.45, 2.75) is 6.92 Å². The van der Waals surface area contributed by atoms with Gasteiger partial charge in [-0.15, -0.1) is 6.42 Å². The molecule has 0 aliphatic rings. The quantitative estimate of drug-likeness (QED) is 0.276. The normalized spacial score (nSPS) is 10.2. The molecule has 0 aliphatic carbocycles. The molecule has 0 fully saturated rings. The summed E-state index contributed by atoms with van der Waals surface area (Å²) in [7, 11) is 0. The number of nitrogens with one attached hydrogen (secondary N) is 1. The lowest BCUT2D eigenvalue weighted by atomic mass is 10.2. The van der Waals surface area contributed by atoms with Gasteiger partial charge in [0.05, 0.1) is 17.8 Å². The van der Waals surface area contributed by atoms with E-state index in [0.29, 0.717) is 46.6 Å². The van der Waals surface area contributed by atoms with Gasteiger partial charge < -0.3 is 14.2 Å². The number of halogens is 1. The van der Waals surface area contributed by atoms with Crippen LogP contribution in [0, 0.1) is 12.3 Å². The molecule has 29 heavy (non-hydrogen) atoms. The number of amides is 1. The Kier molecular flexibility index (Phi) is 8.61. The van der Waals surface area contributed by atoms with E-state index in [1.165, 1.54) is 6.21 Å². The number of rotatable bonds is 10. The second-order valence-electron chi connectivity index (χ2n) is 5.58. The zero-order chi connectivity index (χ0) is 21.1. The van der Waals surface area contributed by atoms with Gasteiger partial charge in [0.1, 0.15) is 19.0 Å². The highest BCUT2D eigenvalue weighted by molar-refractivity contribution is 6.32. The molecule has 0 saturated heterocycles. The van der Waals surface area contributed by atoms with Crippen LogP contribution in [0.25, 0.3) is 0 Å². The van der Waals surface area contributed by atoms with E-state index >= 15 is 0 Å². The Morgan fingerprint density at radius 3 is 2.69 bits per heavy atom. The first kappa shape index (κ1) is 21.9. The van der Waals surface area contributed by atoms with E-state index < -0.39 is 5.91 Å². The highest BCUT2D eigenvalue weighted by Gasteiger charge is 2.11. The van der Waals surface area contributed by atoms with Crippen molar-refractivity contribution in [3.63, 3.8) is 0 Å². The molecule has 2 aromatic carbocycles. The fourth-order valence-corrected chi connectivity index (χ4v) is 2.49. The van der Waals surface area contributed by atoms with Crippen LogP contribution in [0.2, 0.25) is 5.02 Å². The molecule has 1 amide bonds. The lowest BCUT2D eigenvalue weighted by Gasteiger charge is -2.12. The molecule has 0 saturated carbocycles. The van der Waals surface area contributed by atoms with E-state index in [0.717, 1.165) is 0 Å². The van der Waals surface area contributed by atoms with Crippen LogP contribution in [0.4, 0.5) is 0 Å². The summed E-state index contributed by atoms with van der Waals surface area (Å²) >= 11 is 6.13. The summed E-state index contributed by atoms with van der Waals surface area (Å²) < 4.78 is 16.4. The Balaban J connectivity index is 2.04. The molecular weight excluding hydrogens is 392 g/mol. The maximum absolute atomic E-state index is 12.4. The van der Waals surface area contributed by atoms with Crippen molar-refractivity contribution in [1.82, 2.24) is 5.43 Å². The summed E-state index contributed by atoms with van der Waals surface area (Å²) in [4.78, 5) is 12.4. The SMILES string of the molecule is C#CCOc1ccc(/C=N/NC(=O)c2ccc(OCC=C)c(OCC)c2)cc1Cl. The number of nitrogens with zero attached hydrogens (tertiary/aromatic N) is 1. The molecule has 2 aromatic rings. The molecule has 6 nitrogen and oxygen atoms in total. The van der Waals surface area contributed by atoms with Crippen LogP contribution in [0.15, 0.2) is 54.2 Å². The first-order chi connectivity index (χ1) is 14.1. The number of carbonyl (C=O) groups is 1. The van der Waals surface area contributed by atoms with E-state index in [2.05, 4.69) is 23.0 Å². The second-order valence-corrected chi connectivity index (χ2v) is 5.98. The van der Waals surface area contributed by atoms with Gasteiger partial charge in [0.15, 0.2) is 11.5 Å². The van der Waals surface area contributed by atoms with Crippen molar-refractivity contribution in [3.05, 3.63) is 65.2 Å². The Hall–Kier alpha value is -3.43. The van der Waals surface area contributed by atoms with Crippen LogP contribution < -0.4 is 19.6 Å². The van der Waals surface area contributed by atoms with E-state index in [1.807, 2.05) is 6.92 Å². The topological polar surface area (TPSA) is 69.2 Å². The number of hydrogen-bond donors (Lipinski definition) is 1. The first-order valence-corrected chi connectivity index (χ1v) is 9.16. The summed E-state index contributed by atoms with van der Waals surface area (Å²) in [5.41, 5.74) is 3.53. The minimum absolute atomic E-state index is 0.129. The highest BCUT2D eigenvalue weighted by atomic mass is 35.5. The molecular formula is C22H21ClN2O4. The zero-order valence-electron chi connectivity index (χ0n) is 16.0. The molecule has 150 valence electrons. The number of benzene rings is 2. The molecule has 0 bridgehead atoms. The summed E-state index contributed by atoms with van der Waals surface area (Å²) in [5.74, 6) is 3.47. The second kappa shape index (κ2) is 11.4. The van der Waals surface area contributed by atoms with Crippen LogP contribution >= 0.6 is 11.6 Å². The first-order valence-electron chi connectivity index (χ1n) is 8.78. The van der Waals surface area contributed by atoms with Gasteiger partial charge in [-0.25, -0.2) is 5.43 Å². The van der Waals surface area contributed by atoms with Gasteiger partial charge in [-0.1, -0.05) is 30.2 Å². The van der Waals surface area contributed by atoms with E-state index in [1.54, 1.807) is 42.5 Å². The third-order valence-corrected chi connectivity index (χ3v) is 3.80. The van der Waals surface area contributed by atoms with Gasteiger partial charge >= 0.3 is 0 Å². The number of ether oxygens (including phenoxy) is 3. The van der Waals surface area contributed by atoms with E-state index in [9.17, 15) is 4.79 Å². The molecule has 0 spiro atoms. The van der Waals surface area contributed by atoms with Crippen LogP contribution in [0.1, 0.15) is 22.8 Å². The predicted octanol–water partition coefficient (Wildman–Crippen LogP) is 4.08. The molecule has 1 N–H and O–H groups in total. The smallest absolute Gasteiger partial charge is 0.271 e. The lowest BCUT2D eigenvalue weighted by molar-refractivity contribution is 0.0954. The molecule has 0 aliphatic heterocycles. The van der Waals surface area contributed by atoms with Gasteiger partial charge in [-0.05, 0) is 48.9 Å². The molecule has 0 heterocycles. The van der Waals surface area contributed by atoms with Crippen LogP contribution in [0.5, 0.6) is 17.2 Å². The average Bonchev–Trinajstić information content (AvgIpc) is 2.72. The zero-order valence-corrected chi connectivity index (χ0v) is 16.7. The monoisotopic (exact) mass is 412 g/mol. The number of hydrazone groups is 1. The summed E-state index contributed by atoms with van der Waals surface area (Å²) in [6.07, 6.45) is 8.26. The van der Waals surface area contributed by atoms with Crippen molar-refractivity contribution >= 4 is 23.7 Å². The van der Waals surface area contributed by atoms with Crippen molar-refractivity contribution in [2.75, 3.05) is 19.8 Å². The third kappa shape index (κ3) is 6.59. The summed E-state index contributed by atoms with van der Waals surface area (Å²) in [5, 5.41) is 4.35. The van der Waals surface area contributed by atoms with Gasteiger partial charge in [-0.2, -0.15) is 5.10 Å². The number of terminal acetylenes is 1. The van der Waals surface area contributed by atoms with Gasteiger partial charge in [0, 0.05) is 5.56 Å². The Labute approximate surface area is 175 Å². The van der Waals surface area contributed by atoms with Crippen molar-refractivity contribution in [1.29, 1.82) is 0 Å². The van der Waals surface area contributed by atoms with Crippen LogP contribution in [-0.4, -0.2) is 31.9 Å². The minimum Gasteiger partial charge on any atom is -0.490 e. The molecule has 2 rings (SSSR count). The van der Waals surface area contributed by atoms with Crippen molar-refractivity contribution < 1.29 is 19.0 Å². The molecule has 0 unspecified atom stereocenters. The largest absolute Gasteiger partial charge is 0.490 e. The Morgan fingerprint density at radius 2 is 2.00 bits per heavy atom. The van der Waals surface area contributed by atoms with E-state index in [-0.39, 0.29) is 6.61 Å². The fourth-order valence-electron chi connectivity index (χ4n) is 2.25. The highest BCUT2D eigenvalue weighted by Crippen LogP contribution is 2.28. The molecule has 0 radical (unpaired) electrons. The lowest BCUT2D eigenvalue weighted by Crippen LogP contribution is -2.17. The maximum atomic E-state index is 12.4. The summed E-state index contributed by atoms with van der Waals surface area (Å²) in [6.45, 7) is 6.37. The average molecular weight is 413 g/mol. The number of hydrogen-bond acceptors (Lipinski definition) is 5. The fraction of sp³-hybridized carbons (Fsp3) is 0.182.